The normalized spacial score (nSPS) is 14.0. The average molecular weight is 538 g/mol. The molecule has 1 saturated heterocycles. The molecule has 2 aromatic carbocycles. The third-order valence-electron chi connectivity index (χ3n) is 5.92. The Morgan fingerprint density at radius 3 is 2.16 bits per heavy atom. The summed E-state index contributed by atoms with van der Waals surface area (Å²) in [5, 5.41) is 7.48. The lowest BCUT2D eigenvalue weighted by molar-refractivity contribution is -0.137. The van der Waals surface area contributed by atoms with Crippen molar-refractivity contribution >= 4 is 23.4 Å². The van der Waals surface area contributed by atoms with Gasteiger partial charge >= 0.3 is 6.18 Å². The summed E-state index contributed by atoms with van der Waals surface area (Å²) in [6, 6.07) is 8.57. The highest BCUT2D eigenvalue weighted by atomic mass is 32.2. The number of nitrogens with one attached hydrogen (secondary N) is 1. The molecule has 0 saturated carbocycles. The number of thioether (sulfide) groups is 1. The monoisotopic (exact) mass is 537 g/mol. The van der Waals surface area contributed by atoms with E-state index in [1.54, 1.807) is 17.0 Å². The zero-order valence-corrected chi connectivity index (χ0v) is 21.3. The van der Waals surface area contributed by atoms with Gasteiger partial charge in [-0.2, -0.15) is 13.2 Å². The third kappa shape index (κ3) is 6.04. The number of halogens is 3. The number of hydrogen-bond acceptors (Lipinski definition) is 8. The number of amides is 1. The fourth-order valence-electron chi connectivity index (χ4n) is 3.95. The molecule has 0 bridgehead atoms. The van der Waals surface area contributed by atoms with E-state index in [-0.39, 0.29) is 11.7 Å². The van der Waals surface area contributed by atoms with Crippen molar-refractivity contribution in [3.63, 3.8) is 0 Å². The van der Waals surface area contributed by atoms with Gasteiger partial charge in [-0.25, -0.2) is 4.98 Å². The number of anilines is 1. The molecule has 0 aliphatic carbocycles. The van der Waals surface area contributed by atoms with Crippen LogP contribution in [0, 0.1) is 0 Å². The molecule has 13 heteroatoms. The molecule has 4 rings (SSSR count). The molecule has 0 radical (unpaired) electrons. The number of benzene rings is 2. The van der Waals surface area contributed by atoms with E-state index >= 15 is 0 Å². The minimum absolute atomic E-state index is 0.0591. The molecule has 1 amide bonds. The van der Waals surface area contributed by atoms with Crippen molar-refractivity contribution in [2.45, 2.75) is 11.3 Å². The Balaban J connectivity index is 1.32. The number of aromatic amines is 1. The Morgan fingerprint density at radius 2 is 1.62 bits per heavy atom. The van der Waals surface area contributed by atoms with E-state index in [0.717, 1.165) is 12.1 Å². The number of aromatic nitrogens is 3. The molecule has 9 nitrogen and oxygen atoms in total. The Hall–Kier alpha value is -3.61. The topological polar surface area (TPSA) is 92.8 Å². The van der Waals surface area contributed by atoms with E-state index < -0.39 is 11.7 Å². The highest BCUT2D eigenvalue weighted by Gasteiger charge is 2.30. The summed E-state index contributed by atoms with van der Waals surface area (Å²) in [6.07, 6.45) is -4.36. The molecular formula is C24H26F3N5O4S. The maximum atomic E-state index is 12.8. The zero-order valence-electron chi connectivity index (χ0n) is 20.5. The molecule has 0 atom stereocenters. The van der Waals surface area contributed by atoms with Crippen LogP contribution in [0.5, 0.6) is 17.2 Å². The Bertz CT molecular complexity index is 1200. The molecular weight excluding hydrogens is 511 g/mol. The number of piperazine rings is 1. The van der Waals surface area contributed by atoms with Gasteiger partial charge in [0.25, 0.3) is 0 Å². The van der Waals surface area contributed by atoms with Crippen LogP contribution < -0.4 is 19.1 Å². The Morgan fingerprint density at radius 1 is 1.00 bits per heavy atom. The lowest BCUT2D eigenvalue weighted by Gasteiger charge is -2.36. The fraction of sp³-hybridized carbons (Fsp3) is 0.375. The predicted octanol–water partition coefficient (Wildman–Crippen LogP) is 3.96. The number of rotatable bonds is 8. The average Bonchev–Trinajstić information content (AvgIpc) is 3.39. The van der Waals surface area contributed by atoms with Crippen LogP contribution in [0.4, 0.5) is 18.9 Å². The molecule has 1 fully saturated rings. The first-order valence-corrected chi connectivity index (χ1v) is 12.3. The smallest absolute Gasteiger partial charge is 0.416 e. The van der Waals surface area contributed by atoms with E-state index in [0.29, 0.717) is 65.7 Å². The van der Waals surface area contributed by atoms with E-state index in [2.05, 4.69) is 15.2 Å². The van der Waals surface area contributed by atoms with Crippen molar-refractivity contribution in [3.05, 3.63) is 42.0 Å². The highest BCUT2D eigenvalue weighted by Crippen LogP contribution is 2.40. The maximum Gasteiger partial charge on any atom is 0.416 e. The number of methoxy groups -OCH3 is 3. The van der Waals surface area contributed by atoms with Gasteiger partial charge in [-0.15, -0.1) is 5.10 Å². The van der Waals surface area contributed by atoms with Crippen LogP contribution >= 0.6 is 11.8 Å². The molecule has 1 aromatic heterocycles. The molecule has 37 heavy (non-hydrogen) atoms. The van der Waals surface area contributed by atoms with Crippen LogP contribution in [0.2, 0.25) is 0 Å². The van der Waals surface area contributed by atoms with Crippen molar-refractivity contribution < 1.29 is 32.2 Å². The Kier molecular flexibility index (Phi) is 8.00. The molecule has 198 valence electrons. The standard InChI is InChI=1S/C24H26F3N5O4S/c1-34-18-12-15(13-19(35-2)21(18)36-3)22-28-23(30-29-22)37-14-20(33)32-10-8-31(9-11-32)17-6-4-16(5-7-17)24(25,26)27/h4-7,12-13H,8-11,14H2,1-3H3,(H,28,29,30). The van der Waals surface area contributed by atoms with E-state index in [9.17, 15) is 18.0 Å². The van der Waals surface area contributed by atoms with Gasteiger partial charge in [0, 0.05) is 37.4 Å². The summed E-state index contributed by atoms with van der Waals surface area (Å²) in [5.74, 6) is 2.01. The van der Waals surface area contributed by atoms with E-state index in [1.165, 1.54) is 45.2 Å². The van der Waals surface area contributed by atoms with Crippen LogP contribution in [-0.2, 0) is 11.0 Å². The van der Waals surface area contributed by atoms with Gasteiger partial charge in [-0.1, -0.05) is 11.8 Å². The number of ether oxygens (including phenoxy) is 3. The van der Waals surface area contributed by atoms with Gasteiger partial charge in [-0.05, 0) is 36.4 Å². The summed E-state index contributed by atoms with van der Waals surface area (Å²) >= 11 is 1.21. The number of alkyl halides is 3. The van der Waals surface area contributed by atoms with Crippen molar-refractivity contribution in [1.82, 2.24) is 20.1 Å². The van der Waals surface area contributed by atoms with E-state index in [1.807, 2.05) is 4.90 Å². The summed E-state index contributed by atoms with van der Waals surface area (Å²) < 4.78 is 54.5. The molecule has 1 N–H and O–H groups in total. The van der Waals surface area contributed by atoms with Crippen molar-refractivity contribution in [1.29, 1.82) is 0 Å². The largest absolute Gasteiger partial charge is 0.493 e. The lowest BCUT2D eigenvalue weighted by Crippen LogP contribution is -2.49. The maximum absolute atomic E-state index is 12.8. The summed E-state index contributed by atoms with van der Waals surface area (Å²) in [4.78, 5) is 20.9. The highest BCUT2D eigenvalue weighted by molar-refractivity contribution is 7.99. The predicted molar refractivity (Wildman–Crippen MR) is 132 cm³/mol. The second-order valence-electron chi connectivity index (χ2n) is 8.08. The SMILES string of the molecule is COc1cc(-c2nc(SCC(=O)N3CCN(c4ccc(C(F)(F)F)cc4)CC3)n[nH]2)cc(OC)c1OC. The van der Waals surface area contributed by atoms with Gasteiger partial charge in [0.2, 0.25) is 16.8 Å². The summed E-state index contributed by atoms with van der Waals surface area (Å²) in [6.45, 7) is 2.03. The van der Waals surface area contributed by atoms with Crippen molar-refractivity contribution in [3.8, 4) is 28.6 Å². The Labute approximate surface area is 215 Å². The van der Waals surface area contributed by atoms with Crippen LogP contribution in [0.3, 0.4) is 0 Å². The molecule has 3 aromatic rings. The minimum atomic E-state index is -4.36. The number of carbonyl (C=O) groups excluding carboxylic acids is 1. The van der Waals surface area contributed by atoms with Gasteiger partial charge < -0.3 is 24.0 Å². The molecule has 2 heterocycles. The summed E-state index contributed by atoms with van der Waals surface area (Å²) in [7, 11) is 4.57. The van der Waals surface area contributed by atoms with Gasteiger partial charge in [0.05, 0.1) is 32.6 Å². The first kappa shape index (κ1) is 26.5. The second kappa shape index (κ2) is 11.2. The second-order valence-corrected chi connectivity index (χ2v) is 9.02. The van der Waals surface area contributed by atoms with Crippen molar-refractivity contribution in [2.75, 3.05) is 58.2 Å². The molecule has 1 aliphatic rings. The quantitative estimate of drug-likeness (QED) is 0.432. The lowest BCUT2D eigenvalue weighted by atomic mass is 10.1. The fourth-order valence-corrected chi connectivity index (χ4v) is 4.65. The molecule has 0 spiro atoms. The van der Waals surface area contributed by atoms with Gasteiger partial charge in [0.1, 0.15) is 0 Å². The number of H-pyrrole nitrogens is 1. The number of hydrogen-bond donors (Lipinski definition) is 1. The van der Waals surface area contributed by atoms with Crippen molar-refractivity contribution in [2.24, 2.45) is 0 Å². The zero-order chi connectivity index (χ0) is 26.6. The number of nitrogens with zero attached hydrogens (tertiary/aromatic N) is 4. The van der Waals surface area contributed by atoms with Crippen LogP contribution in [0.25, 0.3) is 11.4 Å². The van der Waals surface area contributed by atoms with Crippen LogP contribution in [0.15, 0.2) is 41.6 Å². The van der Waals surface area contributed by atoms with Crippen LogP contribution in [0.1, 0.15) is 5.56 Å². The first-order valence-electron chi connectivity index (χ1n) is 11.3. The van der Waals surface area contributed by atoms with Gasteiger partial charge in [-0.3, -0.25) is 9.89 Å². The number of carbonyl (C=O) groups is 1. The summed E-state index contributed by atoms with van der Waals surface area (Å²) in [5.41, 5.74) is 0.705. The molecule has 1 aliphatic heterocycles. The third-order valence-corrected chi connectivity index (χ3v) is 6.75. The minimum Gasteiger partial charge on any atom is -0.493 e. The van der Waals surface area contributed by atoms with Gasteiger partial charge in [0.15, 0.2) is 17.3 Å². The molecule has 0 unspecified atom stereocenters. The van der Waals surface area contributed by atoms with Crippen LogP contribution in [-0.4, -0.2) is 79.2 Å². The first-order chi connectivity index (χ1) is 17.7. The van der Waals surface area contributed by atoms with E-state index in [4.69, 9.17) is 14.2 Å².